The van der Waals surface area contributed by atoms with Crippen molar-refractivity contribution in [3.63, 3.8) is 0 Å². The number of carbonyl (C=O) groups excluding carboxylic acids is 1. The molecule has 19 heavy (non-hydrogen) atoms. The lowest BCUT2D eigenvalue weighted by atomic mass is 10.3. The molecule has 0 aromatic carbocycles. The maximum atomic E-state index is 11.5. The van der Waals surface area contributed by atoms with Gasteiger partial charge in [-0.1, -0.05) is 13.3 Å². The lowest BCUT2D eigenvalue weighted by Gasteiger charge is -2.05. The van der Waals surface area contributed by atoms with E-state index in [1.807, 2.05) is 6.92 Å². The molecule has 0 aliphatic heterocycles. The number of rotatable bonds is 7. The van der Waals surface area contributed by atoms with E-state index in [9.17, 15) is 9.59 Å². The van der Waals surface area contributed by atoms with Crippen molar-refractivity contribution in [2.75, 3.05) is 6.61 Å². The fourth-order valence-electron chi connectivity index (χ4n) is 1.69. The second-order valence-electron chi connectivity index (χ2n) is 4.59. The first-order valence-electron chi connectivity index (χ1n) is 6.38. The lowest BCUT2D eigenvalue weighted by Crippen LogP contribution is -2.30. The molecule has 1 fully saturated rings. The molecule has 1 aromatic rings. The number of hydrogen-bond donors (Lipinski definition) is 2. The molecule has 0 saturated heterocycles. The van der Waals surface area contributed by atoms with Crippen LogP contribution in [0.1, 0.15) is 40.7 Å². The molecule has 1 amide bonds. The minimum Gasteiger partial charge on any atom is -0.482 e. The number of amides is 1. The predicted molar refractivity (Wildman–Crippen MR) is 71.9 cm³/mol. The number of aryl methyl sites for hydroxylation is 1. The van der Waals surface area contributed by atoms with Crippen LogP contribution < -0.4 is 10.1 Å². The Bertz CT molecular complexity index is 479. The van der Waals surface area contributed by atoms with Gasteiger partial charge >= 0.3 is 5.97 Å². The van der Waals surface area contributed by atoms with Gasteiger partial charge in [0.25, 0.3) is 5.91 Å². The largest absolute Gasteiger partial charge is 0.482 e. The second-order valence-corrected chi connectivity index (χ2v) is 5.73. The third-order valence-electron chi connectivity index (χ3n) is 2.74. The Labute approximate surface area is 115 Å². The summed E-state index contributed by atoms with van der Waals surface area (Å²) in [5, 5.41) is 11.9. The monoisotopic (exact) mass is 283 g/mol. The van der Waals surface area contributed by atoms with Crippen molar-refractivity contribution in [3.05, 3.63) is 15.8 Å². The molecule has 1 heterocycles. The highest BCUT2D eigenvalue weighted by atomic mass is 32.1. The fourth-order valence-corrected chi connectivity index (χ4v) is 2.73. The number of hydrogen-bond acceptors (Lipinski definition) is 4. The smallest absolute Gasteiger partial charge is 0.349 e. The Morgan fingerprint density at radius 2 is 2.26 bits per heavy atom. The summed E-state index contributed by atoms with van der Waals surface area (Å²) in [4.78, 5) is 23.7. The van der Waals surface area contributed by atoms with E-state index in [4.69, 9.17) is 9.84 Å². The third-order valence-corrected chi connectivity index (χ3v) is 3.90. The molecule has 0 bridgehead atoms. The molecule has 1 aromatic heterocycles. The molecule has 6 heteroatoms. The molecule has 104 valence electrons. The van der Waals surface area contributed by atoms with E-state index in [1.54, 1.807) is 6.07 Å². The lowest BCUT2D eigenvalue weighted by molar-refractivity contribution is -0.123. The van der Waals surface area contributed by atoms with Crippen molar-refractivity contribution in [2.24, 2.45) is 0 Å². The molecule has 2 rings (SSSR count). The summed E-state index contributed by atoms with van der Waals surface area (Å²) < 4.78 is 5.33. The van der Waals surface area contributed by atoms with Crippen LogP contribution in [0.15, 0.2) is 6.07 Å². The summed E-state index contributed by atoms with van der Waals surface area (Å²) >= 11 is 1.21. The number of carbonyl (C=O) groups is 2. The average Bonchev–Trinajstić information content (AvgIpc) is 3.05. The highest BCUT2D eigenvalue weighted by Gasteiger charge is 2.24. The van der Waals surface area contributed by atoms with Crippen LogP contribution in [0.4, 0.5) is 0 Å². The minimum atomic E-state index is -1.01. The van der Waals surface area contributed by atoms with E-state index >= 15 is 0 Å². The van der Waals surface area contributed by atoms with Crippen LogP contribution >= 0.6 is 11.3 Å². The quantitative estimate of drug-likeness (QED) is 0.803. The van der Waals surface area contributed by atoms with Crippen LogP contribution in [0.5, 0.6) is 5.75 Å². The minimum absolute atomic E-state index is 0.126. The van der Waals surface area contributed by atoms with Crippen LogP contribution in [-0.4, -0.2) is 29.6 Å². The highest BCUT2D eigenvalue weighted by molar-refractivity contribution is 7.14. The van der Waals surface area contributed by atoms with E-state index in [2.05, 4.69) is 5.32 Å². The van der Waals surface area contributed by atoms with Gasteiger partial charge in [0.15, 0.2) is 11.5 Å². The van der Waals surface area contributed by atoms with E-state index < -0.39 is 5.97 Å². The number of nitrogens with one attached hydrogen (secondary N) is 1. The topological polar surface area (TPSA) is 75.6 Å². The van der Waals surface area contributed by atoms with Crippen LogP contribution in [-0.2, 0) is 11.2 Å². The summed E-state index contributed by atoms with van der Waals surface area (Å²) in [6.45, 7) is 1.91. The molecule has 0 unspecified atom stereocenters. The molecule has 0 radical (unpaired) electrons. The van der Waals surface area contributed by atoms with Crippen molar-refractivity contribution in [2.45, 2.75) is 38.6 Å². The molecule has 0 atom stereocenters. The predicted octanol–water partition coefficient (Wildman–Crippen LogP) is 2.06. The summed E-state index contributed by atoms with van der Waals surface area (Å²) in [5.41, 5.74) is 0. The Hall–Kier alpha value is -1.56. The zero-order valence-corrected chi connectivity index (χ0v) is 11.6. The molecule has 5 nitrogen and oxygen atoms in total. The Morgan fingerprint density at radius 1 is 1.53 bits per heavy atom. The number of carboxylic acid groups (broad SMARTS) is 1. The van der Waals surface area contributed by atoms with Crippen molar-refractivity contribution in [1.29, 1.82) is 0 Å². The SMILES string of the molecule is CCCc1cc(OCC(=O)NC2CC2)c(C(=O)O)s1. The molecule has 1 aliphatic carbocycles. The van der Waals surface area contributed by atoms with Crippen LogP contribution in [0.3, 0.4) is 0 Å². The Balaban J connectivity index is 1.96. The molecule has 1 saturated carbocycles. The van der Waals surface area contributed by atoms with Gasteiger partial charge < -0.3 is 15.2 Å². The first-order chi connectivity index (χ1) is 9.10. The van der Waals surface area contributed by atoms with Crippen LogP contribution in [0.25, 0.3) is 0 Å². The third kappa shape index (κ3) is 3.96. The number of thiophene rings is 1. The van der Waals surface area contributed by atoms with Gasteiger partial charge in [-0.15, -0.1) is 11.3 Å². The van der Waals surface area contributed by atoms with Gasteiger partial charge in [0, 0.05) is 10.9 Å². The summed E-state index contributed by atoms with van der Waals surface area (Å²) in [5.74, 6) is -0.904. The normalized spacial score (nSPS) is 14.2. The number of aromatic carboxylic acids is 1. The van der Waals surface area contributed by atoms with E-state index in [-0.39, 0.29) is 23.4 Å². The van der Waals surface area contributed by atoms with Gasteiger partial charge in [-0.2, -0.15) is 0 Å². The van der Waals surface area contributed by atoms with Crippen LogP contribution in [0, 0.1) is 0 Å². The summed E-state index contributed by atoms with van der Waals surface area (Å²) in [7, 11) is 0. The maximum absolute atomic E-state index is 11.5. The van der Waals surface area contributed by atoms with Gasteiger partial charge in [-0.25, -0.2) is 4.79 Å². The van der Waals surface area contributed by atoms with Gasteiger partial charge in [0.2, 0.25) is 0 Å². The molecule has 2 N–H and O–H groups in total. The van der Waals surface area contributed by atoms with E-state index in [0.717, 1.165) is 30.6 Å². The van der Waals surface area contributed by atoms with Gasteiger partial charge in [-0.3, -0.25) is 4.79 Å². The number of carboxylic acids is 1. The first-order valence-corrected chi connectivity index (χ1v) is 7.20. The molecular formula is C13H17NO4S. The first kappa shape index (κ1) is 13.9. The van der Waals surface area contributed by atoms with Crippen molar-refractivity contribution >= 4 is 23.2 Å². The number of ether oxygens (including phenoxy) is 1. The maximum Gasteiger partial charge on any atom is 0.349 e. The zero-order valence-electron chi connectivity index (χ0n) is 10.8. The van der Waals surface area contributed by atoms with Gasteiger partial charge in [-0.05, 0) is 25.3 Å². The van der Waals surface area contributed by atoms with E-state index in [1.165, 1.54) is 11.3 Å². The van der Waals surface area contributed by atoms with Crippen molar-refractivity contribution < 1.29 is 19.4 Å². The standard InChI is InChI=1S/C13H17NO4S/c1-2-3-9-6-10(12(19-9)13(16)17)18-7-11(15)14-8-4-5-8/h6,8H,2-5,7H2,1H3,(H,14,15)(H,16,17). The summed E-state index contributed by atoms with van der Waals surface area (Å²) in [6, 6.07) is 2.01. The Morgan fingerprint density at radius 3 is 2.84 bits per heavy atom. The van der Waals surface area contributed by atoms with Crippen molar-refractivity contribution in [1.82, 2.24) is 5.32 Å². The van der Waals surface area contributed by atoms with Crippen molar-refractivity contribution in [3.8, 4) is 5.75 Å². The van der Waals surface area contributed by atoms with E-state index in [0.29, 0.717) is 5.75 Å². The van der Waals surface area contributed by atoms with Gasteiger partial charge in [0.05, 0.1) is 0 Å². The highest BCUT2D eigenvalue weighted by Crippen LogP contribution is 2.30. The molecule has 0 spiro atoms. The molecular weight excluding hydrogens is 266 g/mol. The van der Waals surface area contributed by atoms with Gasteiger partial charge in [0.1, 0.15) is 5.75 Å². The zero-order chi connectivity index (χ0) is 13.8. The Kier molecular flexibility index (Phi) is 4.42. The average molecular weight is 283 g/mol. The second kappa shape index (κ2) is 6.06. The summed E-state index contributed by atoms with van der Waals surface area (Å²) in [6.07, 6.45) is 3.81. The molecule has 1 aliphatic rings. The fraction of sp³-hybridized carbons (Fsp3) is 0.538. The van der Waals surface area contributed by atoms with Crippen LogP contribution in [0.2, 0.25) is 0 Å².